The van der Waals surface area contributed by atoms with Crippen molar-refractivity contribution in [2.24, 2.45) is 0 Å². The van der Waals surface area contributed by atoms with Crippen LogP contribution in [0.5, 0.6) is 5.75 Å². The highest BCUT2D eigenvalue weighted by Crippen LogP contribution is 2.25. The third-order valence-electron chi connectivity index (χ3n) is 2.47. The molecule has 0 aliphatic heterocycles. The molecule has 0 aliphatic carbocycles. The second kappa shape index (κ2) is 5.53. The lowest BCUT2D eigenvalue weighted by Crippen LogP contribution is -2.12. The SMILES string of the molecule is [C-]#[N+]C(C)c1ccc(OC)c(CN(C)C)c1. The van der Waals surface area contributed by atoms with Crippen molar-refractivity contribution in [3.63, 3.8) is 0 Å². The summed E-state index contributed by atoms with van der Waals surface area (Å²) in [4.78, 5) is 5.62. The van der Waals surface area contributed by atoms with E-state index in [0.717, 1.165) is 23.4 Å². The average Bonchev–Trinajstić information content (AvgIpc) is 2.27. The van der Waals surface area contributed by atoms with E-state index >= 15 is 0 Å². The van der Waals surface area contributed by atoms with Gasteiger partial charge in [-0.2, -0.15) is 0 Å². The van der Waals surface area contributed by atoms with E-state index in [9.17, 15) is 0 Å². The van der Waals surface area contributed by atoms with Gasteiger partial charge in [0.05, 0.1) is 7.11 Å². The average molecular weight is 218 g/mol. The summed E-state index contributed by atoms with van der Waals surface area (Å²) in [5.74, 6) is 0.884. The number of rotatable bonds is 4. The van der Waals surface area contributed by atoms with Crippen LogP contribution in [0.1, 0.15) is 24.1 Å². The molecule has 0 saturated carbocycles. The van der Waals surface area contributed by atoms with Crippen LogP contribution in [0.15, 0.2) is 18.2 Å². The van der Waals surface area contributed by atoms with E-state index in [1.807, 2.05) is 33.2 Å². The topological polar surface area (TPSA) is 16.8 Å². The van der Waals surface area contributed by atoms with Crippen LogP contribution in [0.2, 0.25) is 0 Å². The molecule has 0 aromatic heterocycles. The molecule has 0 saturated heterocycles. The number of ether oxygens (including phenoxy) is 1. The Labute approximate surface area is 97.5 Å². The Morgan fingerprint density at radius 1 is 1.44 bits per heavy atom. The second-order valence-corrected chi connectivity index (χ2v) is 4.11. The van der Waals surface area contributed by atoms with E-state index in [1.165, 1.54) is 0 Å². The van der Waals surface area contributed by atoms with Crippen molar-refractivity contribution in [1.82, 2.24) is 4.90 Å². The maximum absolute atomic E-state index is 7.04. The lowest BCUT2D eigenvalue weighted by molar-refractivity contribution is 0.371. The quantitative estimate of drug-likeness (QED) is 0.723. The molecule has 1 rings (SSSR count). The van der Waals surface area contributed by atoms with Gasteiger partial charge in [-0.05, 0) is 32.3 Å². The van der Waals surface area contributed by atoms with Crippen LogP contribution >= 0.6 is 0 Å². The van der Waals surface area contributed by atoms with E-state index in [1.54, 1.807) is 7.11 Å². The van der Waals surface area contributed by atoms with Crippen LogP contribution in [0.25, 0.3) is 4.85 Å². The molecule has 1 unspecified atom stereocenters. The Morgan fingerprint density at radius 3 is 2.62 bits per heavy atom. The summed E-state index contributed by atoms with van der Waals surface area (Å²) in [5.41, 5.74) is 2.17. The van der Waals surface area contributed by atoms with E-state index in [4.69, 9.17) is 11.3 Å². The first kappa shape index (κ1) is 12.5. The van der Waals surface area contributed by atoms with Gasteiger partial charge in [-0.1, -0.05) is 0 Å². The fourth-order valence-corrected chi connectivity index (χ4v) is 1.60. The first-order valence-corrected chi connectivity index (χ1v) is 5.26. The van der Waals surface area contributed by atoms with Crippen molar-refractivity contribution in [2.75, 3.05) is 21.2 Å². The number of benzene rings is 1. The minimum atomic E-state index is -0.0909. The van der Waals surface area contributed by atoms with Crippen molar-refractivity contribution < 1.29 is 4.74 Å². The van der Waals surface area contributed by atoms with E-state index in [2.05, 4.69) is 15.8 Å². The molecule has 0 heterocycles. The molecule has 0 aliphatic rings. The summed E-state index contributed by atoms with van der Waals surface area (Å²) in [5, 5.41) is 0. The lowest BCUT2D eigenvalue weighted by Gasteiger charge is -2.14. The molecule has 1 aromatic rings. The summed E-state index contributed by atoms with van der Waals surface area (Å²) >= 11 is 0. The highest BCUT2D eigenvalue weighted by Gasteiger charge is 2.12. The van der Waals surface area contributed by atoms with Gasteiger partial charge in [0.2, 0.25) is 6.04 Å². The molecule has 86 valence electrons. The number of hydrogen-bond acceptors (Lipinski definition) is 2. The van der Waals surface area contributed by atoms with Crippen LogP contribution in [-0.2, 0) is 6.54 Å². The zero-order valence-corrected chi connectivity index (χ0v) is 10.3. The van der Waals surface area contributed by atoms with E-state index in [0.29, 0.717) is 0 Å². The molecule has 1 atom stereocenters. The molecule has 0 N–H and O–H groups in total. The molecule has 0 spiro atoms. The lowest BCUT2D eigenvalue weighted by atomic mass is 10.0. The van der Waals surface area contributed by atoms with Crippen LogP contribution in [0.3, 0.4) is 0 Å². The number of hydrogen-bond donors (Lipinski definition) is 0. The van der Waals surface area contributed by atoms with Gasteiger partial charge >= 0.3 is 0 Å². The Kier molecular flexibility index (Phi) is 4.33. The summed E-state index contributed by atoms with van der Waals surface area (Å²) in [6.45, 7) is 9.77. The molecule has 0 amide bonds. The third-order valence-corrected chi connectivity index (χ3v) is 2.47. The van der Waals surface area contributed by atoms with Crippen molar-refractivity contribution >= 4 is 0 Å². The fraction of sp³-hybridized carbons (Fsp3) is 0.462. The zero-order chi connectivity index (χ0) is 12.1. The molecule has 0 bridgehead atoms. The van der Waals surface area contributed by atoms with Gasteiger partial charge in [-0.3, -0.25) is 0 Å². The first-order valence-electron chi connectivity index (χ1n) is 5.26. The van der Waals surface area contributed by atoms with E-state index in [-0.39, 0.29) is 6.04 Å². The van der Waals surface area contributed by atoms with E-state index < -0.39 is 0 Å². The molecule has 0 radical (unpaired) electrons. The van der Waals surface area contributed by atoms with Crippen molar-refractivity contribution in [2.45, 2.75) is 19.5 Å². The zero-order valence-electron chi connectivity index (χ0n) is 10.3. The molecule has 0 fully saturated rings. The minimum absolute atomic E-state index is 0.0909. The van der Waals surface area contributed by atoms with Crippen LogP contribution in [0, 0.1) is 6.57 Å². The molecule has 1 aromatic carbocycles. The Bertz CT molecular complexity index is 393. The van der Waals surface area contributed by atoms with Crippen LogP contribution < -0.4 is 4.74 Å². The van der Waals surface area contributed by atoms with Gasteiger partial charge in [0.15, 0.2) is 0 Å². The summed E-state index contributed by atoms with van der Waals surface area (Å²) in [6.07, 6.45) is 0. The Morgan fingerprint density at radius 2 is 2.12 bits per heavy atom. The standard InChI is InChI=1S/C13H18N2O/c1-10(14-2)11-6-7-13(16-5)12(8-11)9-15(3)4/h6-8,10H,9H2,1,3-5H3. The van der Waals surface area contributed by atoms with Crippen molar-refractivity contribution in [1.29, 1.82) is 0 Å². The van der Waals surface area contributed by atoms with Crippen molar-refractivity contribution in [3.8, 4) is 5.75 Å². The molecular weight excluding hydrogens is 200 g/mol. The van der Waals surface area contributed by atoms with Crippen LogP contribution in [0.4, 0.5) is 0 Å². The summed E-state index contributed by atoms with van der Waals surface area (Å²) < 4.78 is 5.31. The Hall–Kier alpha value is -1.53. The van der Waals surface area contributed by atoms with Gasteiger partial charge < -0.3 is 14.5 Å². The monoisotopic (exact) mass is 218 g/mol. The van der Waals surface area contributed by atoms with Gasteiger partial charge in [0, 0.05) is 24.6 Å². The highest BCUT2D eigenvalue weighted by atomic mass is 16.5. The highest BCUT2D eigenvalue weighted by molar-refractivity contribution is 5.39. The third kappa shape index (κ3) is 2.98. The maximum Gasteiger partial charge on any atom is 0.245 e. The molecule has 3 nitrogen and oxygen atoms in total. The number of nitrogens with zero attached hydrogens (tertiary/aromatic N) is 2. The second-order valence-electron chi connectivity index (χ2n) is 4.11. The molecule has 3 heteroatoms. The summed E-state index contributed by atoms with van der Waals surface area (Å²) in [6, 6.07) is 5.87. The predicted molar refractivity (Wildman–Crippen MR) is 65.4 cm³/mol. The molecular formula is C13H18N2O. The number of methoxy groups -OCH3 is 1. The predicted octanol–water partition coefficient (Wildman–Crippen LogP) is 2.74. The summed E-state index contributed by atoms with van der Waals surface area (Å²) in [7, 11) is 5.71. The largest absolute Gasteiger partial charge is 0.496 e. The minimum Gasteiger partial charge on any atom is -0.496 e. The maximum atomic E-state index is 7.04. The van der Waals surface area contributed by atoms with Crippen LogP contribution in [-0.4, -0.2) is 26.1 Å². The van der Waals surface area contributed by atoms with Crippen molar-refractivity contribution in [3.05, 3.63) is 40.7 Å². The Balaban J connectivity index is 3.06. The normalized spacial score (nSPS) is 12.2. The van der Waals surface area contributed by atoms with Gasteiger partial charge in [-0.25, -0.2) is 6.57 Å². The van der Waals surface area contributed by atoms with Gasteiger partial charge in [0.25, 0.3) is 0 Å². The molecule has 16 heavy (non-hydrogen) atoms. The smallest absolute Gasteiger partial charge is 0.245 e. The first-order chi connectivity index (χ1) is 7.58. The fourth-order valence-electron chi connectivity index (χ4n) is 1.60. The van der Waals surface area contributed by atoms with Gasteiger partial charge in [-0.15, -0.1) is 0 Å². The van der Waals surface area contributed by atoms with Gasteiger partial charge in [0.1, 0.15) is 5.75 Å².